The van der Waals surface area contributed by atoms with Crippen LogP contribution in [0.2, 0.25) is 5.02 Å². The molecule has 3 N–H and O–H groups in total. The Morgan fingerprint density at radius 2 is 2.12 bits per heavy atom. The van der Waals surface area contributed by atoms with Crippen molar-refractivity contribution in [1.82, 2.24) is 29.6 Å². The van der Waals surface area contributed by atoms with E-state index in [0.717, 1.165) is 5.56 Å². The number of aromatic nitrogens is 5. The molecule has 0 radical (unpaired) electrons. The van der Waals surface area contributed by atoms with Gasteiger partial charge in [-0.3, -0.25) is 14.5 Å². The van der Waals surface area contributed by atoms with Crippen LogP contribution < -0.4 is 10.6 Å². The molecule has 12 heteroatoms. The molecule has 32 heavy (non-hydrogen) atoms. The van der Waals surface area contributed by atoms with Gasteiger partial charge in [-0.1, -0.05) is 17.7 Å². The van der Waals surface area contributed by atoms with E-state index in [-0.39, 0.29) is 19.1 Å². The number of pyridine rings is 1. The highest BCUT2D eigenvalue weighted by Crippen LogP contribution is 2.25. The first-order chi connectivity index (χ1) is 15.6. The maximum Gasteiger partial charge on any atom is 0.244 e. The van der Waals surface area contributed by atoms with Gasteiger partial charge in [-0.25, -0.2) is 4.98 Å². The highest BCUT2D eigenvalue weighted by molar-refractivity contribution is 6.32. The molecule has 1 atom stereocenters. The lowest BCUT2D eigenvalue weighted by atomic mass is 10.1. The summed E-state index contributed by atoms with van der Waals surface area (Å²) < 4.78 is 6.83. The van der Waals surface area contributed by atoms with Crippen LogP contribution in [0.25, 0.3) is 0 Å². The summed E-state index contributed by atoms with van der Waals surface area (Å²) in [5, 5.41) is 20.5. The van der Waals surface area contributed by atoms with Crippen LogP contribution in [0.1, 0.15) is 11.6 Å². The molecular formula is C20H23ClN8O3. The quantitative estimate of drug-likeness (QED) is 0.459. The number of halogens is 1. The van der Waals surface area contributed by atoms with Gasteiger partial charge >= 0.3 is 0 Å². The van der Waals surface area contributed by atoms with Crippen molar-refractivity contribution in [2.45, 2.75) is 12.6 Å². The Kier molecular flexibility index (Phi) is 7.10. The maximum atomic E-state index is 12.4. The van der Waals surface area contributed by atoms with Gasteiger partial charge in [-0.05, 0) is 11.6 Å². The summed E-state index contributed by atoms with van der Waals surface area (Å²) in [5.41, 5.74) is 1.42. The number of anilines is 3. The van der Waals surface area contributed by atoms with Crippen LogP contribution in [-0.2, 0) is 16.1 Å². The van der Waals surface area contributed by atoms with E-state index in [4.69, 9.17) is 16.3 Å². The normalized spacial score (nSPS) is 14.8. The van der Waals surface area contributed by atoms with Crippen molar-refractivity contribution in [2.75, 3.05) is 43.5 Å². The third-order valence-electron chi connectivity index (χ3n) is 4.87. The van der Waals surface area contributed by atoms with Gasteiger partial charge in [0, 0.05) is 31.7 Å². The van der Waals surface area contributed by atoms with E-state index in [1.807, 2.05) is 6.07 Å². The van der Waals surface area contributed by atoms with Crippen molar-refractivity contribution >= 4 is 35.0 Å². The molecule has 1 fully saturated rings. The summed E-state index contributed by atoms with van der Waals surface area (Å²) in [6.07, 6.45) is 8.07. The van der Waals surface area contributed by atoms with Gasteiger partial charge in [0.25, 0.3) is 0 Å². The smallest absolute Gasteiger partial charge is 0.244 e. The number of hydrogen-bond donors (Lipinski definition) is 3. The molecular weight excluding hydrogens is 436 g/mol. The number of morpholine rings is 1. The first-order valence-corrected chi connectivity index (χ1v) is 10.4. The molecule has 1 unspecified atom stereocenters. The number of nitrogens with one attached hydrogen (secondary N) is 2. The number of ether oxygens (including phenoxy) is 1. The second-order valence-corrected chi connectivity index (χ2v) is 7.51. The lowest BCUT2D eigenvalue weighted by Gasteiger charge is -2.26. The van der Waals surface area contributed by atoms with Gasteiger partial charge in [0.15, 0.2) is 5.82 Å². The Bertz CT molecular complexity index is 1040. The average molecular weight is 459 g/mol. The van der Waals surface area contributed by atoms with E-state index in [1.165, 1.54) is 6.20 Å². The molecule has 11 nitrogen and oxygen atoms in total. The largest absolute Gasteiger partial charge is 0.394 e. The van der Waals surface area contributed by atoms with Crippen LogP contribution in [0.4, 0.5) is 17.5 Å². The van der Waals surface area contributed by atoms with Gasteiger partial charge in [0.1, 0.15) is 11.6 Å². The minimum atomic E-state index is -0.433. The molecule has 1 aliphatic heterocycles. The number of aliphatic hydroxyl groups excluding tert-OH is 1. The van der Waals surface area contributed by atoms with Crippen molar-refractivity contribution in [2.24, 2.45) is 0 Å². The molecule has 1 saturated heterocycles. The monoisotopic (exact) mass is 458 g/mol. The second kappa shape index (κ2) is 10.4. The first-order valence-electron chi connectivity index (χ1n) is 10.1. The molecule has 4 heterocycles. The van der Waals surface area contributed by atoms with Gasteiger partial charge in [0.2, 0.25) is 11.9 Å². The molecule has 0 saturated carbocycles. The molecule has 1 aliphatic rings. The van der Waals surface area contributed by atoms with Crippen molar-refractivity contribution in [3.05, 3.63) is 53.7 Å². The number of aliphatic hydroxyl groups is 1. The summed E-state index contributed by atoms with van der Waals surface area (Å²) in [5.74, 6) is 0.642. The molecule has 0 aliphatic carbocycles. The van der Waals surface area contributed by atoms with E-state index in [2.05, 4.69) is 30.7 Å². The van der Waals surface area contributed by atoms with Crippen molar-refractivity contribution < 1.29 is 14.6 Å². The first kappa shape index (κ1) is 21.9. The lowest BCUT2D eigenvalue weighted by Crippen LogP contribution is -2.42. The molecule has 168 valence electrons. The third kappa shape index (κ3) is 5.49. The second-order valence-electron chi connectivity index (χ2n) is 7.10. The van der Waals surface area contributed by atoms with Gasteiger partial charge in [0.05, 0.1) is 43.9 Å². The van der Waals surface area contributed by atoms with Gasteiger partial charge < -0.3 is 25.4 Å². The van der Waals surface area contributed by atoms with E-state index in [1.54, 1.807) is 40.4 Å². The zero-order valence-electron chi connectivity index (χ0n) is 17.2. The third-order valence-corrected chi connectivity index (χ3v) is 5.15. The Morgan fingerprint density at radius 3 is 2.88 bits per heavy atom. The van der Waals surface area contributed by atoms with Gasteiger partial charge in [-0.2, -0.15) is 10.1 Å². The zero-order chi connectivity index (χ0) is 22.3. The standard InChI is InChI=1S/C20H23ClN8O3/c21-16-10-23-20(27-19(16)26-17(13-30)14-2-1-3-22-8-14)25-15-9-24-29(11-15)12-18(31)28-4-6-32-7-5-28/h1-3,8-11,17,30H,4-7,12-13H2,(H2,23,25,26,27). The topological polar surface area (TPSA) is 130 Å². The average Bonchev–Trinajstić information content (AvgIpc) is 3.27. The van der Waals surface area contributed by atoms with Crippen LogP contribution in [0.3, 0.4) is 0 Å². The number of carbonyl (C=O) groups excluding carboxylic acids is 1. The molecule has 0 spiro atoms. The summed E-state index contributed by atoms with van der Waals surface area (Å²) in [7, 11) is 0. The Morgan fingerprint density at radius 1 is 1.28 bits per heavy atom. The van der Waals surface area contributed by atoms with Gasteiger partial charge in [-0.15, -0.1) is 0 Å². The number of nitrogens with zero attached hydrogens (tertiary/aromatic N) is 6. The number of hydrogen-bond acceptors (Lipinski definition) is 9. The highest BCUT2D eigenvalue weighted by atomic mass is 35.5. The van der Waals surface area contributed by atoms with Crippen molar-refractivity contribution in [3.63, 3.8) is 0 Å². The Hall–Kier alpha value is -3.28. The van der Waals surface area contributed by atoms with Crippen molar-refractivity contribution in [3.8, 4) is 0 Å². The minimum absolute atomic E-state index is 0.0115. The fourth-order valence-corrected chi connectivity index (χ4v) is 3.35. The van der Waals surface area contributed by atoms with E-state index in [9.17, 15) is 9.90 Å². The molecule has 1 amide bonds. The molecule has 3 aromatic rings. The maximum absolute atomic E-state index is 12.4. The SMILES string of the molecule is O=C(Cn1cc(Nc2ncc(Cl)c(NC(CO)c3cccnc3)n2)cn1)N1CCOCC1. The van der Waals surface area contributed by atoms with Crippen LogP contribution in [0.5, 0.6) is 0 Å². The Labute approximate surface area is 189 Å². The molecule has 3 aromatic heterocycles. The van der Waals surface area contributed by atoms with Crippen LogP contribution in [0, 0.1) is 0 Å². The number of rotatable bonds is 8. The highest BCUT2D eigenvalue weighted by Gasteiger charge is 2.18. The predicted molar refractivity (Wildman–Crippen MR) is 118 cm³/mol. The molecule has 0 aromatic carbocycles. The van der Waals surface area contributed by atoms with Crippen molar-refractivity contribution in [1.29, 1.82) is 0 Å². The van der Waals surface area contributed by atoms with E-state index >= 15 is 0 Å². The lowest BCUT2D eigenvalue weighted by molar-refractivity contribution is -0.136. The summed E-state index contributed by atoms with van der Waals surface area (Å²) >= 11 is 6.24. The predicted octanol–water partition coefficient (Wildman–Crippen LogP) is 1.47. The fraction of sp³-hybridized carbons (Fsp3) is 0.350. The minimum Gasteiger partial charge on any atom is -0.394 e. The van der Waals surface area contributed by atoms with Crippen LogP contribution >= 0.6 is 11.6 Å². The van der Waals surface area contributed by atoms with Crippen LogP contribution in [-0.4, -0.2) is 73.6 Å². The summed E-state index contributed by atoms with van der Waals surface area (Å²) in [6.45, 7) is 2.26. The fourth-order valence-electron chi connectivity index (χ4n) is 3.21. The summed E-state index contributed by atoms with van der Waals surface area (Å²) in [4.78, 5) is 26.8. The van der Waals surface area contributed by atoms with E-state index < -0.39 is 6.04 Å². The molecule has 4 rings (SSSR count). The van der Waals surface area contributed by atoms with E-state index in [0.29, 0.717) is 48.8 Å². The number of amides is 1. The summed E-state index contributed by atoms with van der Waals surface area (Å²) in [6, 6.07) is 3.20. The van der Waals surface area contributed by atoms with Crippen LogP contribution in [0.15, 0.2) is 43.1 Å². The molecule has 0 bridgehead atoms. The Balaban J connectivity index is 1.41. The number of carbonyl (C=O) groups is 1. The zero-order valence-corrected chi connectivity index (χ0v) is 17.9.